The lowest BCUT2D eigenvalue weighted by Crippen LogP contribution is -2.35. The Bertz CT molecular complexity index is 548. The number of rotatable bonds is 3. The van der Waals surface area contributed by atoms with Crippen LogP contribution in [-0.4, -0.2) is 26.0 Å². The van der Waals surface area contributed by atoms with Crippen LogP contribution in [0.2, 0.25) is 0 Å². The van der Waals surface area contributed by atoms with Gasteiger partial charge in [-0.2, -0.15) is 0 Å². The van der Waals surface area contributed by atoms with Crippen molar-refractivity contribution in [2.24, 2.45) is 11.8 Å². The van der Waals surface area contributed by atoms with Gasteiger partial charge in [0.2, 0.25) is 0 Å². The molecule has 0 amide bonds. The third kappa shape index (κ3) is 2.41. The molecule has 1 aliphatic rings. The highest BCUT2D eigenvalue weighted by atomic mass is 15.1. The smallest absolute Gasteiger partial charge is 0.182 e. The summed E-state index contributed by atoms with van der Waals surface area (Å²) >= 11 is 0. The van der Waals surface area contributed by atoms with Crippen LogP contribution < -0.4 is 5.32 Å². The van der Waals surface area contributed by atoms with E-state index in [1.807, 2.05) is 0 Å². The molecular weight excluding hydrogens is 238 g/mol. The minimum Gasteiger partial charge on any atom is -0.365 e. The number of anilines is 1. The van der Waals surface area contributed by atoms with E-state index in [9.17, 15) is 0 Å². The molecule has 0 bridgehead atoms. The molecule has 2 unspecified atom stereocenters. The summed E-state index contributed by atoms with van der Waals surface area (Å²) in [7, 11) is 0. The van der Waals surface area contributed by atoms with Crippen LogP contribution in [0.25, 0.3) is 11.2 Å². The van der Waals surface area contributed by atoms with Crippen molar-refractivity contribution in [3.8, 4) is 0 Å². The van der Waals surface area contributed by atoms with Gasteiger partial charge in [0, 0.05) is 6.04 Å². The molecule has 1 aliphatic carbocycles. The zero-order chi connectivity index (χ0) is 13.2. The van der Waals surface area contributed by atoms with Crippen LogP contribution in [0, 0.1) is 11.8 Å². The van der Waals surface area contributed by atoms with Gasteiger partial charge in [0.1, 0.15) is 11.8 Å². The van der Waals surface area contributed by atoms with Gasteiger partial charge in [0.25, 0.3) is 0 Å². The number of aromatic amines is 1. The van der Waals surface area contributed by atoms with Crippen LogP contribution in [0.3, 0.4) is 0 Å². The minimum atomic E-state index is 0.509. The van der Waals surface area contributed by atoms with Gasteiger partial charge in [0.05, 0.1) is 6.33 Å². The number of nitrogens with one attached hydrogen (secondary N) is 2. The predicted molar refractivity (Wildman–Crippen MR) is 75.9 cm³/mol. The van der Waals surface area contributed by atoms with Crippen molar-refractivity contribution in [3.05, 3.63) is 12.7 Å². The molecule has 2 N–H and O–H groups in total. The Hall–Kier alpha value is -1.65. The molecule has 0 radical (unpaired) electrons. The molecular formula is C14H21N5. The van der Waals surface area contributed by atoms with Gasteiger partial charge in [-0.25, -0.2) is 15.0 Å². The molecule has 19 heavy (non-hydrogen) atoms. The maximum absolute atomic E-state index is 4.37. The van der Waals surface area contributed by atoms with Crippen molar-refractivity contribution in [3.63, 3.8) is 0 Å². The van der Waals surface area contributed by atoms with Crippen LogP contribution in [0.5, 0.6) is 0 Å². The molecule has 2 aromatic rings. The van der Waals surface area contributed by atoms with Gasteiger partial charge in [-0.15, -0.1) is 0 Å². The second-order valence-corrected chi connectivity index (χ2v) is 5.77. The van der Waals surface area contributed by atoms with Crippen molar-refractivity contribution in [2.45, 2.75) is 45.6 Å². The highest BCUT2D eigenvalue weighted by molar-refractivity contribution is 5.82. The highest BCUT2D eigenvalue weighted by Gasteiger charge is 2.28. The number of fused-ring (bicyclic) bond motifs is 1. The highest BCUT2D eigenvalue weighted by Crippen LogP contribution is 2.32. The summed E-state index contributed by atoms with van der Waals surface area (Å²) in [6.45, 7) is 4.63. The Morgan fingerprint density at radius 1 is 1.21 bits per heavy atom. The van der Waals surface area contributed by atoms with E-state index in [2.05, 4.69) is 39.1 Å². The summed E-state index contributed by atoms with van der Waals surface area (Å²) in [6.07, 6.45) is 8.45. The molecule has 2 atom stereocenters. The van der Waals surface area contributed by atoms with Crippen LogP contribution in [0.1, 0.15) is 39.5 Å². The Labute approximate surface area is 113 Å². The lowest BCUT2D eigenvalue weighted by atomic mass is 9.78. The fraction of sp³-hybridized carbons (Fsp3) is 0.643. The molecule has 5 nitrogen and oxygen atoms in total. The molecule has 2 heterocycles. The summed E-state index contributed by atoms with van der Waals surface area (Å²) < 4.78 is 0. The van der Waals surface area contributed by atoms with Crippen molar-refractivity contribution in [1.82, 2.24) is 19.9 Å². The van der Waals surface area contributed by atoms with Crippen LogP contribution in [-0.2, 0) is 0 Å². The topological polar surface area (TPSA) is 66.5 Å². The predicted octanol–water partition coefficient (Wildman–Crippen LogP) is 2.98. The average molecular weight is 259 g/mol. The van der Waals surface area contributed by atoms with Crippen LogP contribution in [0.15, 0.2) is 12.7 Å². The SMILES string of the molecule is CC(C)C1CCCCC1Nc1ncnc2nc[nH]c12. The first-order chi connectivity index (χ1) is 9.25. The molecule has 5 heteroatoms. The Morgan fingerprint density at radius 2 is 2.05 bits per heavy atom. The minimum absolute atomic E-state index is 0.509. The average Bonchev–Trinajstić information content (AvgIpc) is 2.88. The maximum Gasteiger partial charge on any atom is 0.182 e. The van der Waals surface area contributed by atoms with E-state index in [4.69, 9.17) is 0 Å². The monoisotopic (exact) mass is 259 g/mol. The maximum atomic E-state index is 4.37. The molecule has 1 saturated carbocycles. The van der Waals surface area contributed by atoms with E-state index in [0.717, 1.165) is 22.9 Å². The lowest BCUT2D eigenvalue weighted by molar-refractivity contribution is 0.253. The van der Waals surface area contributed by atoms with E-state index >= 15 is 0 Å². The first-order valence-electron chi connectivity index (χ1n) is 7.16. The molecule has 2 aromatic heterocycles. The van der Waals surface area contributed by atoms with E-state index < -0.39 is 0 Å². The molecule has 0 spiro atoms. The summed E-state index contributed by atoms with van der Waals surface area (Å²) in [5.74, 6) is 2.32. The second-order valence-electron chi connectivity index (χ2n) is 5.77. The standard InChI is InChI=1S/C14H21N5/c1-9(2)10-5-3-4-6-11(10)19-14-12-13(16-7-15-12)17-8-18-14/h7-11H,3-6H2,1-2H3,(H2,15,16,17,18,19). The summed E-state index contributed by atoms with van der Waals surface area (Å²) in [5, 5.41) is 3.62. The lowest BCUT2D eigenvalue weighted by Gasteiger charge is -2.35. The van der Waals surface area contributed by atoms with Crippen molar-refractivity contribution >= 4 is 17.0 Å². The summed E-state index contributed by atoms with van der Waals surface area (Å²) in [6, 6.07) is 0.509. The first kappa shape index (κ1) is 12.4. The number of imidazole rings is 1. The van der Waals surface area contributed by atoms with Gasteiger partial charge >= 0.3 is 0 Å². The molecule has 102 valence electrons. The molecule has 0 aliphatic heterocycles. The molecule has 1 fully saturated rings. The third-order valence-electron chi connectivity index (χ3n) is 4.22. The van der Waals surface area contributed by atoms with Crippen molar-refractivity contribution in [1.29, 1.82) is 0 Å². The van der Waals surface area contributed by atoms with Crippen LogP contribution >= 0.6 is 0 Å². The van der Waals surface area contributed by atoms with E-state index in [1.54, 1.807) is 12.7 Å². The van der Waals surface area contributed by atoms with Gasteiger partial charge in [-0.05, 0) is 24.7 Å². The summed E-state index contributed by atoms with van der Waals surface area (Å²) in [4.78, 5) is 15.8. The molecule has 0 saturated heterocycles. The van der Waals surface area contributed by atoms with Crippen molar-refractivity contribution in [2.75, 3.05) is 5.32 Å². The number of nitrogens with zero attached hydrogens (tertiary/aromatic N) is 3. The number of hydrogen-bond acceptors (Lipinski definition) is 4. The largest absolute Gasteiger partial charge is 0.365 e. The first-order valence-corrected chi connectivity index (χ1v) is 7.16. The number of H-pyrrole nitrogens is 1. The number of aromatic nitrogens is 4. The molecule has 3 rings (SSSR count). The summed E-state index contributed by atoms with van der Waals surface area (Å²) in [5.41, 5.74) is 1.64. The van der Waals surface area contributed by atoms with Gasteiger partial charge in [-0.1, -0.05) is 26.7 Å². The zero-order valence-electron chi connectivity index (χ0n) is 11.6. The van der Waals surface area contributed by atoms with Gasteiger partial charge < -0.3 is 10.3 Å². The van der Waals surface area contributed by atoms with Gasteiger partial charge in [0.15, 0.2) is 11.5 Å². The van der Waals surface area contributed by atoms with E-state index in [0.29, 0.717) is 12.0 Å². The van der Waals surface area contributed by atoms with Gasteiger partial charge in [-0.3, -0.25) is 0 Å². The van der Waals surface area contributed by atoms with E-state index in [-0.39, 0.29) is 0 Å². The Kier molecular flexibility index (Phi) is 3.36. The fourth-order valence-electron chi connectivity index (χ4n) is 3.19. The Balaban J connectivity index is 1.85. The third-order valence-corrected chi connectivity index (χ3v) is 4.22. The quantitative estimate of drug-likeness (QED) is 0.889. The fourth-order valence-corrected chi connectivity index (χ4v) is 3.19. The van der Waals surface area contributed by atoms with E-state index in [1.165, 1.54) is 25.7 Å². The Morgan fingerprint density at radius 3 is 2.89 bits per heavy atom. The van der Waals surface area contributed by atoms with Crippen molar-refractivity contribution < 1.29 is 0 Å². The molecule has 0 aromatic carbocycles. The van der Waals surface area contributed by atoms with Crippen LogP contribution in [0.4, 0.5) is 5.82 Å². The second kappa shape index (κ2) is 5.15. The normalized spacial score (nSPS) is 23.9. The zero-order valence-corrected chi connectivity index (χ0v) is 11.6. The number of hydrogen-bond donors (Lipinski definition) is 2.